The van der Waals surface area contributed by atoms with Gasteiger partial charge in [-0.1, -0.05) is 24.3 Å². The lowest BCUT2D eigenvalue weighted by Gasteiger charge is -2.06. The Hall–Kier alpha value is -2.46. The Morgan fingerprint density at radius 2 is 2.24 bits per heavy atom. The zero-order valence-electron chi connectivity index (χ0n) is 11.8. The number of amides is 1. The van der Waals surface area contributed by atoms with E-state index in [1.807, 2.05) is 19.9 Å². The largest absolute Gasteiger partial charge is 0.360 e. The van der Waals surface area contributed by atoms with Crippen molar-refractivity contribution >= 4 is 28.1 Å². The summed E-state index contributed by atoms with van der Waals surface area (Å²) in [7, 11) is 0. The first-order chi connectivity index (χ1) is 10.1. The van der Waals surface area contributed by atoms with E-state index in [0.717, 1.165) is 18.5 Å². The van der Waals surface area contributed by atoms with E-state index < -0.39 is 0 Å². The molecule has 0 aliphatic carbocycles. The number of benzene rings is 1. The fourth-order valence-corrected chi connectivity index (χ4v) is 2.28. The van der Waals surface area contributed by atoms with Crippen LogP contribution in [0.5, 0.6) is 0 Å². The first-order valence-electron chi connectivity index (χ1n) is 6.53. The molecule has 108 valence electrons. The van der Waals surface area contributed by atoms with E-state index >= 15 is 0 Å². The molecule has 6 nitrogen and oxygen atoms in total. The van der Waals surface area contributed by atoms with Gasteiger partial charge >= 0.3 is 0 Å². The molecule has 0 fully saturated rings. The van der Waals surface area contributed by atoms with Gasteiger partial charge in [0.25, 0.3) is 5.91 Å². The van der Waals surface area contributed by atoms with E-state index in [1.165, 1.54) is 11.3 Å². The predicted octanol–water partition coefficient (Wildman–Crippen LogP) is 2.79. The zero-order chi connectivity index (χ0) is 15.2. The van der Waals surface area contributed by atoms with Crippen LogP contribution in [0.3, 0.4) is 0 Å². The summed E-state index contributed by atoms with van der Waals surface area (Å²) in [5, 5.41) is 23.4. The second-order valence-electron chi connectivity index (χ2n) is 4.43. The third-order valence-electron chi connectivity index (χ3n) is 2.76. The van der Waals surface area contributed by atoms with Crippen LogP contribution in [0.15, 0.2) is 18.2 Å². The molecule has 2 aromatic rings. The summed E-state index contributed by atoms with van der Waals surface area (Å²) in [6.45, 7) is 4.71. The number of carbonyl (C=O) groups is 1. The Morgan fingerprint density at radius 3 is 2.95 bits per heavy atom. The highest BCUT2D eigenvalue weighted by Crippen LogP contribution is 2.20. The number of nitriles is 1. The number of anilines is 2. The van der Waals surface area contributed by atoms with Crippen molar-refractivity contribution < 1.29 is 4.79 Å². The maximum absolute atomic E-state index is 12.1. The molecule has 21 heavy (non-hydrogen) atoms. The van der Waals surface area contributed by atoms with Crippen LogP contribution in [0.2, 0.25) is 0 Å². The average Bonchev–Trinajstić information content (AvgIpc) is 2.96. The Kier molecular flexibility index (Phi) is 4.85. The minimum Gasteiger partial charge on any atom is -0.360 e. The van der Waals surface area contributed by atoms with E-state index in [2.05, 4.69) is 20.8 Å². The molecule has 0 bridgehead atoms. The van der Waals surface area contributed by atoms with E-state index in [0.29, 0.717) is 16.4 Å². The molecule has 0 spiro atoms. The van der Waals surface area contributed by atoms with Crippen molar-refractivity contribution in [3.8, 4) is 6.07 Å². The average molecular weight is 301 g/mol. The fraction of sp³-hybridized carbons (Fsp3) is 0.286. The van der Waals surface area contributed by atoms with Crippen LogP contribution in [0.1, 0.15) is 34.3 Å². The van der Waals surface area contributed by atoms with Crippen LogP contribution < -0.4 is 10.6 Å². The van der Waals surface area contributed by atoms with Crippen LogP contribution in [0, 0.1) is 18.3 Å². The lowest BCUT2D eigenvalue weighted by molar-refractivity contribution is 0.102. The van der Waals surface area contributed by atoms with Gasteiger partial charge in [-0.3, -0.25) is 4.79 Å². The highest BCUT2D eigenvalue weighted by Gasteiger charge is 2.14. The number of nitrogens with zero attached hydrogens (tertiary/aromatic N) is 3. The van der Waals surface area contributed by atoms with Crippen molar-refractivity contribution in [1.29, 1.82) is 5.26 Å². The third-order valence-corrected chi connectivity index (χ3v) is 3.64. The lowest BCUT2D eigenvalue weighted by atomic mass is 10.1. The summed E-state index contributed by atoms with van der Waals surface area (Å²) in [5.41, 5.74) is 1.99. The molecule has 0 saturated heterocycles. The van der Waals surface area contributed by atoms with Crippen LogP contribution >= 0.6 is 11.3 Å². The molecule has 1 aromatic heterocycles. The van der Waals surface area contributed by atoms with Gasteiger partial charge in [-0.05, 0) is 31.0 Å². The maximum Gasteiger partial charge on any atom is 0.286 e. The van der Waals surface area contributed by atoms with Crippen molar-refractivity contribution in [3.05, 3.63) is 34.3 Å². The quantitative estimate of drug-likeness (QED) is 0.886. The number of hydrogen-bond acceptors (Lipinski definition) is 6. The van der Waals surface area contributed by atoms with Crippen LogP contribution in [0.4, 0.5) is 10.8 Å². The molecular weight excluding hydrogens is 286 g/mol. The van der Waals surface area contributed by atoms with E-state index in [9.17, 15) is 4.79 Å². The van der Waals surface area contributed by atoms with Crippen LogP contribution in [-0.4, -0.2) is 22.6 Å². The maximum atomic E-state index is 12.1. The molecule has 0 saturated carbocycles. The van der Waals surface area contributed by atoms with Gasteiger partial charge in [-0.2, -0.15) is 5.26 Å². The SMILES string of the molecule is CCCNc1nnc(C(=O)Nc2cc(C#N)ccc2C)s1. The Labute approximate surface area is 126 Å². The van der Waals surface area contributed by atoms with Gasteiger partial charge in [0.05, 0.1) is 11.6 Å². The topological polar surface area (TPSA) is 90.7 Å². The van der Waals surface area contributed by atoms with Gasteiger partial charge in [0.1, 0.15) is 0 Å². The molecular formula is C14H15N5OS. The molecule has 0 atom stereocenters. The molecule has 1 heterocycles. The van der Waals surface area contributed by atoms with Gasteiger partial charge in [-0.25, -0.2) is 0 Å². The molecule has 0 aliphatic heterocycles. The van der Waals surface area contributed by atoms with E-state index in [4.69, 9.17) is 5.26 Å². The molecule has 1 aromatic carbocycles. The summed E-state index contributed by atoms with van der Waals surface area (Å²) < 4.78 is 0. The summed E-state index contributed by atoms with van der Waals surface area (Å²) in [5.74, 6) is -0.324. The van der Waals surface area contributed by atoms with Crippen LogP contribution in [0.25, 0.3) is 0 Å². The summed E-state index contributed by atoms with van der Waals surface area (Å²) >= 11 is 1.21. The molecule has 1 amide bonds. The fourth-order valence-electron chi connectivity index (χ4n) is 1.62. The Morgan fingerprint density at radius 1 is 1.43 bits per heavy atom. The van der Waals surface area contributed by atoms with Gasteiger partial charge in [-0.15, -0.1) is 10.2 Å². The summed E-state index contributed by atoms with van der Waals surface area (Å²) in [6.07, 6.45) is 0.973. The third kappa shape index (κ3) is 3.77. The molecule has 2 rings (SSSR count). The summed E-state index contributed by atoms with van der Waals surface area (Å²) in [4.78, 5) is 12.1. The number of rotatable bonds is 5. The highest BCUT2D eigenvalue weighted by atomic mass is 32.1. The summed E-state index contributed by atoms with van der Waals surface area (Å²) in [6, 6.07) is 7.20. The minimum absolute atomic E-state index is 0.287. The molecule has 0 aliphatic rings. The Bertz CT molecular complexity index is 689. The number of hydrogen-bond donors (Lipinski definition) is 2. The van der Waals surface area contributed by atoms with Crippen LogP contribution in [-0.2, 0) is 0 Å². The molecule has 0 radical (unpaired) electrons. The second kappa shape index (κ2) is 6.81. The number of carbonyl (C=O) groups excluding carboxylic acids is 1. The number of nitrogens with one attached hydrogen (secondary N) is 2. The van der Waals surface area contributed by atoms with Crippen molar-refractivity contribution in [2.45, 2.75) is 20.3 Å². The number of aryl methyl sites for hydroxylation is 1. The standard InChI is InChI=1S/C14H15N5OS/c1-3-6-16-14-19-18-13(21-14)12(20)17-11-7-10(8-15)5-4-9(11)2/h4-5,7H,3,6H2,1-2H3,(H,16,19)(H,17,20). The molecule has 7 heteroatoms. The second-order valence-corrected chi connectivity index (χ2v) is 5.41. The molecule has 0 unspecified atom stereocenters. The minimum atomic E-state index is -0.324. The van der Waals surface area contributed by atoms with E-state index in [1.54, 1.807) is 18.2 Å². The monoisotopic (exact) mass is 301 g/mol. The predicted molar refractivity (Wildman–Crippen MR) is 82.5 cm³/mol. The van der Waals surface area contributed by atoms with Crippen molar-refractivity contribution in [2.75, 3.05) is 17.2 Å². The van der Waals surface area contributed by atoms with Gasteiger partial charge in [0.15, 0.2) is 0 Å². The smallest absolute Gasteiger partial charge is 0.286 e. The van der Waals surface area contributed by atoms with Crippen molar-refractivity contribution in [1.82, 2.24) is 10.2 Å². The van der Waals surface area contributed by atoms with Gasteiger partial charge in [0.2, 0.25) is 10.1 Å². The van der Waals surface area contributed by atoms with Gasteiger partial charge < -0.3 is 10.6 Å². The molecule has 2 N–H and O–H groups in total. The first kappa shape index (κ1) is 14.9. The lowest BCUT2D eigenvalue weighted by Crippen LogP contribution is -2.12. The van der Waals surface area contributed by atoms with Gasteiger partial charge in [0, 0.05) is 12.2 Å². The Balaban J connectivity index is 2.11. The van der Waals surface area contributed by atoms with E-state index in [-0.39, 0.29) is 10.9 Å². The zero-order valence-corrected chi connectivity index (χ0v) is 12.6. The normalized spacial score (nSPS) is 9.95. The first-order valence-corrected chi connectivity index (χ1v) is 7.35. The van der Waals surface area contributed by atoms with Crippen molar-refractivity contribution in [2.24, 2.45) is 0 Å². The highest BCUT2D eigenvalue weighted by molar-refractivity contribution is 7.17. The number of aromatic nitrogens is 2. The van der Waals surface area contributed by atoms with Crippen molar-refractivity contribution in [3.63, 3.8) is 0 Å².